The highest BCUT2D eigenvalue weighted by atomic mass is 79.9. The molecule has 4 aromatic rings. The molecule has 214 valence electrons. The van der Waals surface area contributed by atoms with Gasteiger partial charge in [-0.1, -0.05) is 69.7 Å². The molecule has 0 bridgehead atoms. The normalized spacial score (nSPS) is 16.1. The highest BCUT2D eigenvalue weighted by molar-refractivity contribution is 9.10. The molecule has 1 fully saturated rings. The van der Waals surface area contributed by atoms with E-state index in [0.717, 1.165) is 21.4 Å². The molecule has 1 aromatic heterocycles. The zero-order chi connectivity index (χ0) is 30.0. The van der Waals surface area contributed by atoms with Crippen LogP contribution >= 0.6 is 27.3 Å². The standard InChI is InChI=1S/C32H27BrN2O6S/c1-4-40-31(39)29-19(3)34-32(42-29)35-26(21-10-12-22(33)13-11-21)25(28(37)30(35)38)27(36)24-15-14-23(16-18(24)2)41-17-20-8-6-5-7-9-20/h5-16,26,36H,4,17H2,1-3H3/b27-25+/t26-/m0/s1. The highest BCUT2D eigenvalue weighted by Crippen LogP contribution is 2.44. The lowest BCUT2D eigenvalue weighted by atomic mass is 9.94. The number of ether oxygens (including phenoxy) is 2. The summed E-state index contributed by atoms with van der Waals surface area (Å²) in [6, 6.07) is 21.0. The number of aryl methyl sites for hydroxylation is 2. The van der Waals surface area contributed by atoms with Gasteiger partial charge in [0, 0.05) is 10.0 Å². The number of aliphatic hydroxyl groups excluding tert-OH is 1. The molecule has 1 atom stereocenters. The molecule has 1 aliphatic heterocycles. The molecule has 0 unspecified atom stereocenters. The molecule has 3 aromatic carbocycles. The van der Waals surface area contributed by atoms with E-state index < -0.39 is 23.7 Å². The molecular weight excluding hydrogens is 620 g/mol. The van der Waals surface area contributed by atoms with Crippen LogP contribution in [0.4, 0.5) is 5.13 Å². The topological polar surface area (TPSA) is 106 Å². The van der Waals surface area contributed by atoms with Crippen LogP contribution in [-0.2, 0) is 20.9 Å². The van der Waals surface area contributed by atoms with Gasteiger partial charge in [-0.25, -0.2) is 9.78 Å². The highest BCUT2D eigenvalue weighted by Gasteiger charge is 2.48. The molecule has 1 saturated heterocycles. The van der Waals surface area contributed by atoms with Gasteiger partial charge in [-0.3, -0.25) is 14.5 Å². The number of esters is 1. The summed E-state index contributed by atoms with van der Waals surface area (Å²) in [7, 11) is 0. The van der Waals surface area contributed by atoms with Crippen molar-refractivity contribution >= 4 is 55.8 Å². The van der Waals surface area contributed by atoms with Crippen LogP contribution in [0.25, 0.3) is 5.76 Å². The van der Waals surface area contributed by atoms with Gasteiger partial charge < -0.3 is 14.6 Å². The molecule has 10 heteroatoms. The molecule has 8 nitrogen and oxygen atoms in total. The maximum atomic E-state index is 13.6. The predicted molar refractivity (Wildman–Crippen MR) is 164 cm³/mol. The second-order valence-corrected chi connectivity index (χ2v) is 11.5. The van der Waals surface area contributed by atoms with Gasteiger partial charge in [-0.15, -0.1) is 0 Å². The Morgan fingerprint density at radius 2 is 1.76 bits per heavy atom. The molecule has 0 saturated carbocycles. The number of thiazole rings is 1. The molecule has 0 radical (unpaired) electrons. The number of ketones is 1. The summed E-state index contributed by atoms with van der Waals surface area (Å²) < 4.78 is 11.9. The lowest BCUT2D eigenvalue weighted by Crippen LogP contribution is -2.29. The molecule has 1 aliphatic rings. The molecule has 1 N–H and O–H groups in total. The number of nitrogens with zero attached hydrogens (tertiary/aromatic N) is 2. The Hall–Kier alpha value is -4.28. The van der Waals surface area contributed by atoms with Crippen molar-refractivity contribution in [1.29, 1.82) is 0 Å². The van der Waals surface area contributed by atoms with E-state index in [-0.39, 0.29) is 27.9 Å². The second-order valence-electron chi connectivity index (χ2n) is 9.60. The van der Waals surface area contributed by atoms with Crippen LogP contribution < -0.4 is 9.64 Å². The van der Waals surface area contributed by atoms with E-state index in [1.807, 2.05) is 30.3 Å². The van der Waals surface area contributed by atoms with Crippen LogP contribution in [0.1, 0.15) is 50.6 Å². The van der Waals surface area contributed by atoms with Crippen molar-refractivity contribution in [1.82, 2.24) is 4.98 Å². The van der Waals surface area contributed by atoms with Crippen molar-refractivity contribution in [2.75, 3.05) is 11.5 Å². The fraction of sp³-hybridized carbons (Fsp3) is 0.188. The second kappa shape index (κ2) is 12.3. The van der Waals surface area contributed by atoms with E-state index in [4.69, 9.17) is 9.47 Å². The summed E-state index contributed by atoms with van der Waals surface area (Å²) in [6.07, 6.45) is 0. The number of aliphatic hydroxyl groups is 1. The SMILES string of the molecule is CCOC(=O)c1sc(N2C(=O)C(=O)/C(=C(/O)c3ccc(OCc4ccccc4)cc3C)[C@@H]2c2ccc(Br)cc2)nc1C. The van der Waals surface area contributed by atoms with Crippen LogP contribution in [0.2, 0.25) is 0 Å². The van der Waals surface area contributed by atoms with Crippen LogP contribution in [0.5, 0.6) is 5.75 Å². The number of aromatic nitrogens is 1. The number of Topliss-reactive ketones (excluding diaryl/α,β-unsaturated/α-hetero) is 1. The molecule has 0 spiro atoms. The van der Waals surface area contributed by atoms with Gasteiger partial charge >= 0.3 is 11.9 Å². The number of hydrogen-bond acceptors (Lipinski definition) is 8. The van der Waals surface area contributed by atoms with Crippen molar-refractivity contribution in [2.24, 2.45) is 0 Å². The summed E-state index contributed by atoms with van der Waals surface area (Å²) >= 11 is 4.39. The molecule has 5 rings (SSSR count). The Labute approximate surface area is 255 Å². The third-order valence-electron chi connectivity index (χ3n) is 6.78. The number of benzene rings is 3. The van der Waals surface area contributed by atoms with Crippen molar-refractivity contribution < 1.29 is 29.0 Å². The van der Waals surface area contributed by atoms with Crippen LogP contribution in [0.15, 0.2) is 82.8 Å². The van der Waals surface area contributed by atoms with E-state index in [0.29, 0.717) is 34.7 Å². The maximum absolute atomic E-state index is 13.6. The predicted octanol–water partition coefficient (Wildman–Crippen LogP) is 6.90. The Morgan fingerprint density at radius 1 is 1.05 bits per heavy atom. The van der Waals surface area contributed by atoms with E-state index in [1.165, 1.54) is 4.90 Å². The van der Waals surface area contributed by atoms with Crippen molar-refractivity contribution in [2.45, 2.75) is 33.4 Å². The zero-order valence-corrected chi connectivity index (χ0v) is 25.5. The lowest BCUT2D eigenvalue weighted by Gasteiger charge is -2.23. The van der Waals surface area contributed by atoms with Crippen molar-refractivity contribution in [3.63, 3.8) is 0 Å². The smallest absolute Gasteiger partial charge is 0.350 e. The Balaban J connectivity index is 1.57. The number of carbonyl (C=O) groups excluding carboxylic acids is 3. The average molecular weight is 648 g/mol. The first-order chi connectivity index (χ1) is 20.2. The first-order valence-corrected chi connectivity index (χ1v) is 14.8. The van der Waals surface area contributed by atoms with Gasteiger partial charge in [-0.2, -0.15) is 0 Å². The van der Waals surface area contributed by atoms with Crippen molar-refractivity contribution in [3.05, 3.63) is 116 Å². The largest absolute Gasteiger partial charge is 0.507 e. The van der Waals surface area contributed by atoms with Crippen molar-refractivity contribution in [3.8, 4) is 5.75 Å². The molecular formula is C32H27BrN2O6S. The van der Waals surface area contributed by atoms with Gasteiger partial charge in [0.25, 0.3) is 5.78 Å². The number of rotatable bonds is 8. The average Bonchev–Trinajstić information content (AvgIpc) is 3.49. The molecule has 0 aliphatic carbocycles. The van der Waals surface area contributed by atoms with Gasteiger partial charge in [0.15, 0.2) is 5.13 Å². The number of anilines is 1. The fourth-order valence-corrected chi connectivity index (χ4v) is 5.99. The summed E-state index contributed by atoms with van der Waals surface area (Å²) in [6.45, 7) is 5.70. The van der Waals surface area contributed by atoms with Crippen LogP contribution in [-0.4, -0.2) is 34.4 Å². The Morgan fingerprint density at radius 3 is 2.43 bits per heavy atom. The third kappa shape index (κ3) is 5.73. The summed E-state index contributed by atoms with van der Waals surface area (Å²) in [4.78, 5) is 45.5. The lowest BCUT2D eigenvalue weighted by molar-refractivity contribution is -0.132. The van der Waals surface area contributed by atoms with E-state index >= 15 is 0 Å². The van der Waals surface area contributed by atoms with Gasteiger partial charge in [-0.05, 0) is 67.8 Å². The van der Waals surface area contributed by atoms with E-state index in [1.54, 1.807) is 63.2 Å². The fourth-order valence-electron chi connectivity index (χ4n) is 4.74. The Bertz CT molecular complexity index is 1700. The van der Waals surface area contributed by atoms with Crippen LogP contribution in [0.3, 0.4) is 0 Å². The minimum absolute atomic E-state index is 0.0751. The molecule has 1 amide bonds. The molecule has 2 heterocycles. The van der Waals surface area contributed by atoms with Gasteiger partial charge in [0.1, 0.15) is 23.0 Å². The number of carbonyl (C=O) groups is 3. The number of amides is 1. The quantitative estimate of drug-likeness (QED) is 0.0960. The summed E-state index contributed by atoms with van der Waals surface area (Å²) in [5, 5.41) is 11.8. The molecule has 42 heavy (non-hydrogen) atoms. The number of hydrogen-bond donors (Lipinski definition) is 1. The number of halogens is 1. The van der Waals surface area contributed by atoms with Crippen LogP contribution in [0, 0.1) is 13.8 Å². The van der Waals surface area contributed by atoms with Gasteiger partial charge in [0.2, 0.25) is 0 Å². The monoisotopic (exact) mass is 646 g/mol. The zero-order valence-electron chi connectivity index (χ0n) is 23.1. The first-order valence-electron chi connectivity index (χ1n) is 13.2. The third-order valence-corrected chi connectivity index (χ3v) is 8.45. The maximum Gasteiger partial charge on any atom is 0.350 e. The van der Waals surface area contributed by atoms with E-state index in [2.05, 4.69) is 20.9 Å². The Kier molecular flexibility index (Phi) is 8.56. The summed E-state index contributed by atoms with van der Waals surface area (Å²) in [5.74, 6) is -1.97. The summed E-state index contributed by atoms with van der Waals surface area (Å²) in [5.41, 5.74) is 2.96. The minimum Gasteiger partial charge on any atom is -0.507 e. The first kappa shape index (κ1) is 29.2. The minimum atomic E-state index is -0.980. The van der Waals surface area contributed by atoms with Gasteiger partial charge in [0.05, 0.1) is 23.9 Å². The van der Waals surface area contributed by atoms with E-state index in [9.17, 15) is 19.5 Å².